The first-order valence-electron chi connectivity index (χ1n) is 8.28. The third kappa shape index (κ3) is 4.07. The Balaban J connectivity index is 2.21. The van der Waals surface area contributed by atoms with Gasteiger partial charge >= 0.3 is 0 Å². The van der Waals surface area contributed by atoms with E-state index in [2.05, 4.69) is 35.1 Å². The van der Waals surface area contributed by atoms with Gasteiger partial charge in [0.2, 0.25) is 0 Å². The van der Waals surface area contributed by atoms with Crippen molar-refractivity contribution in [2.75, 3.05) is 6.54 Å². The second kappa shape index (κ2) is 7.73. The topological polar surface area (TPSA) is 12.0 Å². The van der Waals surface area contributed by atoms with Gasteiger partial charge in [-0.3, -0.25) is 0 Å². The number of hydrogen-bond acceptors (Lipinski definition) is 1. The minimum Gasteiger partial charge on any atom is -0.313 e. The van der Waals surface area contributed by atoms with Crippen molar-refractivity contribution in [2.24, 2.45) is 5.41 Å². The molecule has 1 unspecified atom stereocenters. The number of rotatable bonds is 7. The minimum absolute atomic E-state index is 0.0780. The van der Waals surface area contributed by atoms with Crippen molar-refractivity contribution in [3.05, 3.63) is 34.1 Å². The van der Waals surface area contributed by atoms with Crippen LogP contribution in [0, 0.1) is 11.2 Å². The van der Waals surface area contributed by atoms with Crippen LogP contribution in [0.25, 0.3) is 0 Å². The summed E-state index contributed by atoms with van der Waals surface area (Å²) in [5.74, 6) is -0.0780. The third-order valence-corrected chi connectivity index (χ3v) is 5.61. The van der Waals surface area contributed by atoms with E-state index in [0.29, 0.717) is 11.5 Å². The molecular formula is C18H27BrFN. The van der Waals surface area contributed by atoms with Crippen molar-refractivity contribution in [2.45, 2.75) is 64.8 Å². The van der Waals surface area contributed by atoms with Gasteiger partial charge in [0.1, 0.15) is 5.82 Å². The van der Waals surface area contributed by atoms with Crippen LogP contribution in [-0.2, 0) is 6.42 Å². The molecule has 0 heterocycles. The molecule has 1 aromatic rings. The molecule has 0 aliphatic heterocycles. The van der Waals surface area contributed by atoms with E-state index in [0.717, 1.165) is 29.4 Å². The zero-order chi connectivity index (χ0) is 15.3. The molecule has 0 bridgehead atoms. The maximum atomic E-state index is 14.1. The molecule has 21 heavy (non-hydrogen) atoms. The normalized spacial score (nSPS) is 18.9. The maximum absolute atomic E-state index is 14.1. The summed E-state index contributed by atoms with van der Waals surface area (Å²) in [7, 11) is 0. The highest BCUT2D eigenvalue weighted by Gasteiger charge is 2.39. The van der Waals surface area contributed by atoms with Gasteiger partial charge in [0.05, 0.1) is 0 Å². The summed E-state index contributed by atoms with van der Waals surface area (Å²) >= 11 is 3.47. The number of benzene rings is 1. The smallest absolute Gasteiger partial charge is 0.126 e. The first-order valence-corrected chi connectivity index (χ1v) is 9.08. The second-order valence-electron chi connectivity index (χ2n) is 6.37. The minimum atomic E-state index is -0.0780. The fourth-order valence-corrected chi connectivity index (χ4v) is 4.18. The number of hydrogen-bond donors (Lipinski definition) is 1. The highest BCUT2D eigenvalue weighted by molar-refractivity contribution is 9.10. The lowest BCUT2D eigenvalue weighted by molar-refractivity contribution is 0.183. The SMILES string of the molecule is CCCNC(Cc1cc(Br)ccc1F)C1(CC)CCCC1. The van der Waals surface area contributed by atoms with Gasteiger partial charge in [0.15, 0.2) is 0 Å². The predicted molar refractivity (Wildman–Crippen MR) is 91.1 cm³/mol. The molecule has 0 aromatic heterocycles. The molecular weight excluding hydrogens is 329 g/mol. The Morgan fingerprint density at radius 1 is 1.29 bits per heavy atom. The van der Waals surface area contributed by atoms with Crippen LogP contribution in [0.2, 0.25) is 0 Å². The fourth-order valence-electron chi connectivity index (χ4n) is 3.77. The van der Waals surface area contributed by atoms with Crippen LogP contribution in [0.3, 0.4) is 0 Å². The van der Waals surface area contributed by atoms with Crippen LogP contribution in [-0.4, -0.2) is 12.6 Å². The largest absolute Gasteiger partial charge is 0.313 e. The van der Waals surface area contributed by atoms with Gasteiger partial charge in [-0.1, -0.05) is 42.6 Å². The summed E-state index contributed by atoms with van der Waals surface area (Å²) in [4.78, 5) is 0. The van der Waals surface area contributed by atoms with E-state index >= 15 is 0 Å². The summed E-state index contributed by atoms with van der Waals surface area (Å²) in [6, 6.07) is 5.67. The Morgan fingerprint density at radius 3 is 2.62 bits per heavy atom. The molecule has 2 rings (SSSR count). The lowest BCUT2D eigenvalue weighted by atomic mass is 9.74. The molecule has 1 fully saturated rings. The van der Waals surface area contributed by atoms with Gasteiger partial charge in [0.25, 0.3) is 0 Å². The first-order chi connectivity index (χ1) is 10.1. The lowest BCUT2D eigenvalue weighted by Crippen LogP contribution is -2.45. The molecule has 1 saturated carbocycles. The van der Waals surface area contributed by atoms with Gasteiger partial charge in [0, 0.05) is 10.5 Å². The highest BCUT2D eigenvalue weighted by Crippen LogP contribution is 2.45. The fraction of sp³-hybridized carbons (Fsp3) is 0.667. The standard InChI is InChI=1S/C18H27BrFN/c1-3-11-21-17(18(4-2)9-5-6-10-18)13-14-12-15(19)7-8-16(14)20/h7-8,12,17,21H,3-6,9-11,13H2,1-2H3. The van der Waals surface area contributed by atoms with Gasteiger partial charge in [-0.05, 0) is 67.8 Å². The summed E-state index contributed by atoms with van der Waals surface area (Å²) in [5.41, 5.74) is 1.18. The predicted octanol–water partition coefficient (Wildman–Crippen LogP) is 5.47. The van der Waals surface area contributed by atoms with E-state index in [9.17, 15) is 4.39 Å². The van der Waals surface area contributed by atoms with Gasteiger partial charge in [-0.2, -0.15) is 0 Å². The average molecular weight is 356 g/mol. The molecule has 118 valence electrons. The maximum Gasteiger partial charge on any atom is 0.126 e. The van der Waals surface area contributed by atoms with E-state index < -0.39 is 0 Å². The molecule has 0 spiro atoms. The van der Waals surface area contributed by atoms with E-state index in [1.165, 1.54) is 32.1 Å². The van der Waals surface area contributed by atoms with Crippen molar-refractivity contribution < 1.29 is 4.39 Å². The molecule has 0 amide bonds. The van der Waals surface area contributed by atoms with E-state index in [1.54, 1.807) is 12.1 Å². The highest BCUT2D eigenvalue weighted by atomic mass is 79.9. The van der Waals surface area contributed by atoms with Gasteiger partial charge in [-0.15, -0.1) is 0 Å². The molecule has 1 atom stereocenters. The molecule has 3 heteroatoms. The van der Waals surface area contributed by atoms with Gasteiger partial charge in [-0.25, -0.2) is 4.39 Å². The number of halogens is 2. The Bertz CT molecular complexity index is 455. The van der Waals surface area contributed by atoms with Crippen LogP contribution in [0.5, 0.6) is 0 Å². The molecule has 0 radical (unpaired) electrons. The van der Waals surface area contributed by atoms with Crippen LogP contribution >= 0.6 is 15.9 Å². The first kappa shape index (κ1) is 17.0. The average Bonchev–Trinajstić information content (AvgIpc) is 2.97. The number of nitrogens with one attached hydrogen (secondary N) is 1. The van der Waals surface area contributed by atoms with Gasteiger partial charge < -0.3 is 5.32 Å². The Kier molecular flexibility index (Phi) is 6.24. The lowest BCUT2D eigenvalue weighted by Gasteiger charge is -2.38. The monoisotopic (exact) mass is 355 g/mol. The zero-order valence-electron chi connectivity index (χ0n) is 13.2. The van der Waals surface area contributed by atoms with Crippen LogP contribution in [0.4, 0.5) is 4.39 Å². The third-order valence-electron chi connectivity index (χ3n) is 5.12. The van der Waals surface area contributed by atoms with Crippen LogP contribution < -0.4 is 5.32 Å². The summed E-state index contributed by atoms with van der Waals surface area (Å²) < 4.78 is 15.1. The van der Waals surface area contributed by atoms with E-state index in [4.69, 9.17) is 0 Å². The van der Waals surface area contributed by atoms with Crippen molar-refractivity contribution >= 4 is 15.9 Å². The summed E-state index contributed by atoms with van der Waals surface area (Å²) in [5, 5.41) is 3.72. The molecule has 1 N–H and O–H groups in total. The Morgan fingerprint density at radius 2 is 2.00 bits per heavy atom. The molecule has 1 aliphatic rings. The second-order valence-corrected chi connectivity index (χ2v) is 7.29. The van der Waals surface area contributed by atoms with E-state index in [-0.39, 0.29) is 5.82 Å². The Labute approximate surface area is 136 Å². The summed E-state index contributed by atoms with van der Waals surface area (Å²) in [6.07, 6.45) is 8.29. The summed E-state index contributed by atoms with van der Waals surface area (Å²) in [6.45, 7) is 5.50. The van der Waals surface area contributed by atoms with Crippen molar-refractivity contribution in [1.82, 2.24) is 5.32 Å². The zero-order valence-corrected chi connectivity index (χ0v) is 14.8. The Hall–Kier alpha value is -0.410. The van der Waals surface area contributed by atoms with Crippen LogP contribution in [0.1, 0.15) is 57.9 Å². The molecule has 1 aromatic carbocycles. The van der Waals surface area contributed by atoms with E-state index in [1.807, 2.05) is 6.07 Å². The van der Waals surface area contributed by atoms with Crippen molar-refractivity contribution in [3.8, 4) is 0 Å². The van der Waals surface area contributed by atoms with Crippen molar-refractivity contribution in [3.63, 3.8) is 0 Å². The molecule has 0 saturated heterocycles. The van der Waals surface area contributed by atoms with Crippen molar-refractivity contribution in [1.29, 1.82) is 0 Å². The molecule has 1 aliphatic carbocycles. The quantitative estimate of drug-likeness (QED) is 0.683. The molecule has 1 nitrogen and oxygen atoms in total. The van der Waals surface area contributed by atoms with Crippen LogP contribution in [0.15, 0.2) is 22.7 Å².